The lowest BCUT2D eigenvalue weighted by Crippen LogP contribution is -2.22. The number of amides is 1. The highest BCUT2D eigenvalue weighted by Crippen LogP contribution is 2.20. The van der Waals surface area contributed by atoms with Crippen LogP contribution in [0.3, 0.4) is 0 Å². The zero-order valence-electron chi connectivity index (χ0n) is 17.5. The predicted octanol–water partition coefficient (Wildman–Crippen LogP) is 4.27. The molecule has 0 aliphatic rings. The normalized spacial score (nSPS) is 11.8. The fourth-order valence-corrected chi connectivity index (χ4v) is 3.56. The number of pyridine rings is 1. The van der Waals surface area contributed by atoms with Gasteiger partial charge in [-0.25, -0.2) is 4.98 Å². The lowest BCUT2D eigenvalue weighted by molar-refractivity contribution is -0.120. The summed E-state index contributed by atoms with van der Waals surface area (Å²) in [6.07, 6.45) is 2.53. The van der Waals surface area contributed by atoms with E-state index in [1.165, 1.54) is 5.39 Å². The minimum absolute atomic E-state index is 0.0431. The number of Topliss-reactive ketones (excluding diaryl/α,β-unsaturated/α-hetero) is 1. The van der Waals surface area contributed by atoms with Gasteiger partial charge in [-0.15, -0.1) is 0 Å². The number of fused-ring (bicyclic) bond motifs is 1. The first-order valence-electron chi connectivity index (χ1n) is 10.4. The fraction of sp³-hybridized carbons (Fsp3) is 0.115. The van der Waals surface area contributed by atoms with Crippen molar-refractivity contribution in [3.8, 4) is 0 Å². The van der Waals surface area contributed by atoms with Crippen LogP contribution in [0.25, 0.3) is 10.8 Å². The summed E-state index contributed by atoms with van der Waals surface area (Å²) in [6, 6.07) is 23.7. The van der Waals surface area contributed by atoms with E-state index in [1.807, 2.05) is 18.2 Å². The smallest absolute Gasteiger partial charge is 0.255 e. The van der Waals surface area contributed by atoms with E-state index in [4.69, 9.17) is 11.5 Å². The number of nitrogen functional groups attached to an aromatic ring is 1. The number of hydrogen-bond donors (Lipinski definition) is 3. The molecule has 160 valence electrons. The van der Waals surface area contributed by atoms with E-state index in [9.17, 15) is 9.59 Å². The number of aryl methyl sites for hydroxylation is 1. The van der Waals surface area contributed by atoms with Crippen LogP contribution in [0.1, 0.15) is 33.9 Å². The number of rotatable bonds is 7. The summed E-state index contributed by atoms with van der Waals surface area (Å²) >= 11 is 0. The Hall–Kier alpha value is -4.03. The minimum Gasteiger partial charge on any atom is -0.382 e. The molecule has 4 rings (SSSR count). The standard InChI is InChI=1S/C26H24N4O2/c27-24(23(31)14-8-17-7-9-18-4-1-2-5-21(18)16-17)19-10-12-20(13-11-19)26(32)30-22-6-3-15-29-25(22)28/h1-7,9-13,15-16,24H,8,14,27H2,(H2,28,29)(H,30,32). The Labute approximate surface area is 186 Å². The van der Waals surface area contributed by atoms with Gasteiger partial charge in [-0.3, -0.25) is 9.59 Å². The van der Waals surface area contributed by atoms with Gasteiger partial charge in [0, 0.05) is 18.2 Å². The van der Waals surface area contributed by atoms with E-state index in [1.54, 1.807) is 42.6 Å². The van der Waals surface area contributed by atoms with Crippen molar-refractivity contribution in [3.63, 3.8) is 0 Å². The summed E-state index contributed by atoms with van der Waals surface area (Å²) in [5, 5.41) is 5.06. The molecule has 6 heteroatoms. The van der Waals surface area contributed by atoms with Crippen LogP contribution >= 0.6 is 0 Å². The Morgan fingerprint density at radius 1 is 0.906 bits per heavy atom. The van der Waals surface area contributed by atoms with Gasteiger partial charge in [-0.1, -0.05) is 54.6 Å². The molecule has 0 saturated carbocycles. The summed E-state index contributed by atoms with van der Waals surface area (Å²) in [5.41, 5.74) is 14.6. The second-order valence-electron chi connectivity index (χ2n) is 7.64. The number of anilines is 2. The second-order valence-corrected chi connectivity index (χ2v) is 7.64. The number of aromatic nitrogens is 1. The SMILES string of the molecule is Nc1ncccc1NC(=O)c1ccc(C(N)C(=O)CCc2ccc3ccccc3c2)cc1. The summed E-state index contributed by atoms with van der Waals surface area (Å²) in [7, 11) is 0. The Morgan fingerprint density at radius 3 is 2.41 bits per heavy atom. The highest BCUT2D eigenvalue weighted by molar-refractivity contribution is 6.05. The molecule has 32 heavy (non-hydrogen) atoms. The van der Waals surface area contributed by atoms with E-state index in [2.05, 4.69) is 34.6 Å². The van der Waals surface area contributed by atoms with Gasteiger partial charge in [-0.05, 0) is 52.6 Å². The number of nitrogens with one attached hydrogen (secondary N) is 1. The van der Waals surface area contributed by atoms with Gasteiger partial charge in [0.2, 0.25) is 0 Å². The zero-order valence-corrected chi connectivity index (χ0v) is 17.5. The molecule has 0 fully saturated rings. The molecule has 1 amide bonds. The third-order valence-electron chi connectivity index (χ3n) is 5.44. The van der Waals surface area contributed by atoms with Crippen LogP contribution in [0, 0.1) is 0 Å². The van der Waals surface area contributed by atoms with E-state index in [0.29, 0.717) is 29.7 Å². The van der Waals surface area contributed by atoms with Crippen LogP contribution in [-0.4, -0.2) is 16.7 Å². The quantitative estimate of drug-likeness (QED) is 0.410. The number of hydrogen-bond acceptors (Lipinski definition) is 5. The third kappa shape index (κ3) is 4.82. The van der Waals surface area contributed by atoms with Crippen LogP contribution in [0.15, 0.2) is 85.1 Å². The lowest BCUT2D eigenvalue weighted by atomic mass is 9.96. The number of benzene rings is 3. The maximum Gasteiger partial charge on any atom is 0.255 e. The summed E-state index contributed by atoms with van der Waals surface area (Å²) in [5.74, 6) is -0.109. The first-order chi connectivity index (χ1) is 15.5. The van der Waals surface area contributed by atoms with E-state index < -0.39 is 6.04 Å². The molecular weight excluding hydrogens is 400 g/mol. The van der Waals surface area contributed by atoms with Crippen LogP contribution in [0.5, 0.6) is 0 Å². The van der Waals surface area contributed by atoms with Crippen LogP contribution < -0.4 is 16.8 Å². The van der Waals surface area contributed by atoms with Crippen molar-refractivity contribution in [3.05, 3.63) is 102 Å². The molecule has 1 heterocycles. The van der Waals surface area contributed by atoms with Crippen molar-refractivity contribution < 1.29 is 9.59 Å². The Balaban J connectivity index is 1.37. The van der Waals surface area contributed by atoms with Gasteiger partial charge in [0.25, 0.3) is 5.91 Å². The minimum atomic E-state index is -0.735. The molecule has 1 atom stereocenters. The fourth-order valence-electron chi connectivity index (χ4n) is 3.56. The predicted molar refractivity (Wildman–Crippen MR) is 127 cm³/mol. The number of nitrogens with zero attached hydrogens (tertiary/aromatic N) is 1. The Morgan fingerprint density at radius 2 is 1.66 bits per heavy atom. The second kappa shape index (κ2) is 9.41. The Kier molecular flexibility index (Phi) is 6.24. The van der Waals surface area contributed by atoms with E-state index >= 15 is 0 Å². The average molecular weight is 425 g/mol. The summed E-state index contributed by atoms with van der Waals surface area (Å²) in [4.78, 5) is 29.0. The molecule has 0 aliphatic carbocycles. The molecule has 6 nitrogen and oxygen atoms in total. The van der Waals surface area contributed by atoms with Gasteiger partial charge in [0.15, 0.2) is 5.78 Å². The molecule has 0 radical (unpaired) electrons. The molecule has 3 aromatic carbocycles. The summed E-state index contributed by atoms with van der Waals surface area (Å²) < 4.78 is 0. The first-order valence-corrected chi connectivity index (χ1v) is 10.4. The summed E-state index contributed by atoms with van der Waals surface area (Å²) in [6.45, 7) is 0. The number of nitrogens with two attached hydrogens (primary N) is 2. The monoisotopic (exact) mass is 424 g/mol. The van der Waals surface area contributed by atoms with E-state index in [-0.39, 0.29) is 17.5 Å². The molecule has 1 unspecified atom stereocenters. The van der Waals surface area contributed by atoms with E-state index in [0.717, 1.165) is 10.9 Å². The van der Waals surface area contributed by atoms with Crippen LogP contribution in [-0.2, 0) is 11.2 Å². The highest BCUT2D eigenvalue weighted by Gasteiger charge is 2.17. The largest absolute Gasteiger partial charge is 0.382 e. The van der Waals surface area contributed by atoms with Crippen molar-refractivity contribution >= 4 is 34.0 Å². The number of carbonyl (C=O) groups excluding carboxylic acids is 2. The topological polar surface area (TPSA) is 111 Å². The molecule has 0 bridgehead atoms. The van der Waals surface area contributed by atoms with Crippen molar-refractivity contribution in [2.45, 2.75) is 18.9 Å². The van der Waals surface area contributed by atoms with Crippen LogP contribution in [0.4, 0.5) is 11.5 Å². The third-order valence-corrected chi connectivity index (χ3v) is 5.44. The lowest BCUT2D eigenvalue weighted by Gasteiger charge is -2.12. The first kappa shape index (κ1) is 21.2. The molecule has 4 aromatic rings. The Bertz CT molecular complexity index is 1270. The van der Waals surface area contributed by atoms with Gasteiger partial charge in [-0.2, -0.15) is 0 Å². The number of ketones is 1. The molecule has 0 spiro atoms. The van der Waals surface area contributed by atoms with Gasteiger partial charge in [0.05, 0.1) is 11.7 Å². The van der Waals surface area contributed by atoms with Crippen molar-refractivity contribution in [1.29, 1.82) is 0 Å². The van der Waals surface area contributed by atoms with Crippen LogP contribution in [0.2, 0.25) is 0 Å². The highest BCUT2D eigenvalue weighted by atomic mass is 16.1. The zero-order chi connectivity index (χ0) is 22.5. The average Bonchev–Trinajstić information content (AvgIpc) is 2.83. The van der Waals surface area contributed by atoms with Crippen molar-refractivity contribution in [1.82, 2.24) is 4.98 Å². The van der Waals surface area contributed by atoms with Gasteiger partial charge in [0.1, 0.15) is 5.82 Å². The van der Waals surface area contributed by atoms with Gasteiger partial charge >= 0.3 is 0 Å². The number of carbonyl (C=O) groups is 2. The molecule has 0 saturated heterocycles. The molecule has 5 N–H and O–H groups in total. The van der Waals surface area contributed by atoms with Crippen molar-refractivity contribution in [2.24, 2.45) is 5.73 Å². The molecule has 0 aliphatic heterocycles. The maximum absolute atomic E-state index is 12.7. The maximum atomic E-state index is 12.7. The van der Waals surface area contributed by atoms with Gasteiger partial charge < -0.3 is 16.8 Å². The van der Waals surface area contributed by atoms with Crippen molar-refractivity contribution in [2.75, 3.05) is 11.1 Å². The molecule has 1 aromatic heterocycles. The molecular formula is C26H24N4O2.